The highest BCUT2D eigenvalue weighted by molar-refractivity contribution is 5.51. The topological polar surface area (TPSA) is 69.1 Å². The van der Waals surface area contributed by atoms with Crippen LogP contribution in [0.4, 0.5) is 0 Å². The van der Waals surface area contributed by atoms with Crippen molar-refractivity contribution in [1.29, 1.82) is 0 Å². The average molecular weight is 243 g/mol. The molecule has 3 heterocycles. The predicted molar refractivity (Wildman–Crippen MR) is 65.1 cm³/mol. The van der Waals surface area contributed by atoms with Crippen LogP contribution in [-0.4, -0.2) is 24.6 Å². The summed E-state index contributed by atoms with van der Waals surface area (Å²) < 4.78 is 7.17. The number of nitrogens with zero attached hydrogens (tertiary/aromatic N) is 5. The molecule has 0 amide bonds. The van der Waals surface area contributed by atoms with Gasteiger partial charge in [-0.1, -0.05) is 13.8 Å². The highest BCUT2D eigenvalue weighted by atomic mass is 16.4. The third kappa shape index (κ3) is 1.66. The Morgan fingerprint density at radius 2 is 2.11 bits per heavy atom. The monoisotopic (exact) mass is 243 g/mol. The van der Waals surface area contributed by atoms with E-state index in [2.05, 4.69) is 33.9 Å². The number of aromatic nitrogens is 5. The van der Waals surface area contributed by atoms with Gasteiger partial charge in [-0.05, 0) is 0 Å². The Balaban J connectivity index is 2.23. The summed E-state index contributed by atoms with van der Waals surface area (Å²) >= 11 is 0. The molecule has 6 heteroatoms. The molecular weight excluding hydrogens is 230 g/mol. The smallest absolute Gasteiger partial charge is 0.200 e. The van der Waals surface area contributed by atoms with Crippen molar-refractivity contribution in [2.45, 2.75) is 26.7 Å². The van der Waals surface area contributed by atoms with Crippen LogP contribution >= 0.6 is 0 Å². The molecule has 3 rings (SSSR count). The molecule has 0 saturated carbocycles. The van der Waals surface area contributed by atoms with Gasteiger partial charge in [0.15, 0.2) is 23.1 Å². The number of hydrogen-bond acceptors (Lipinski definition) is 5. The molecular formula is C12H13N5O. The molecule has 0 radical (unpaired) electrons. The molecule has 0 aliphatic heterocycles. The molecule has 0 spiro atoms. The molecule has 0 unspecified atom stereocenters. The zero-order chi connectivity index (χ0) is 12.7. The number of fused-ring (bicyclic) bond motifs is 1. The van der Waals surface area contributed by atoms with E-state index in [0.717, 1.165) is 11.5 Å². The van der Waals surface area contributed by atoms with Crippen LogP contribution in [0, 0.1) is 6.92 Å². The van der Waals surface area contributed by atoms with E-state index in [4.69, 9.17) is 4.42 Å². The average Bonchev–Trinajstić information content (AvgIpc) is 2.94. The molecule has 0 atom stereocenters. The van der Waals surface area contributed by atoms with Gasteiger partial charge in [0.2, 0.25) is 5.82 Å². The van der Waals surface area contributed by atoms with Crippen molar-refractivity contribution in [3.63, 3.8) is 0 Å². The summed E-state index contributed by atoms with van der Waals surface area (Å²) in [7, 11) is 0. The third-order valence-corrected chi connectivity index (χ3v) is 2.63. The highest BCUT2D eigenvalue weighted by Gasteiger charge is 2.14. The van der Waals surface area contributed by atoms with Gasteiger partial charge in [0, 0.05) is 25.1 Å². The summed E-state index contributed by atoms with van der Waals surface area (Å²) in [6.45, 7) is 5.91. The van der Waals surface area contributed by atoms with E-state index in [9.17, 15) is 0 Å². The summed E-state index contributed by atoms with van der Waals surface area (Å²) in [4.78, 5) is 12.8. The molecule has 3 aromatic rings. The zero-order valence-electron chi connectivity index (χ0n) is 10.5. The summed E-state index contributed by atoms with van der Waals surface area (Å²) in [5.74, 6) is 2.88. The fourth-order valence-corrected chi connectivity index (χ4v) is 1.71. The molecule has 0 aliphatic carbocycles. The zero-order valence-corrected chi connectivity index (χ0v) is 10.5. The summed E-state index contributed by atoms with van der Waals surface area (Å²) in [5.41, 5.74) is 0.762. The molecule has 92 valence electrons. The number of rotatable bonds is 2. The first-order valence-corrected chi connectivity index (χ1v) is 5.79. The summed E-state index contributed by atoms with van der Waals surface area (Å²) in [6.07, 6.45) is 3.34. The number of oxazole rings is 1. The lowest BCUT2D eigenvalue weighted by Crippen LogP contribution is -1.97. The Bertz CT molecular complexity index is 697. The van der Waals surface area contributed by atoms with Gasteiger partial charge in [-0.2, -0.15) is 4.52 Å². The van der Waals surface area contributed by atoms with E-state index in [1.807, 2.05) is 6.07 Å². The Kier molecular flexibility index (Phi) is 2.36. The van der Waals surface area contributed by atoms with Crippen LogP contribution in [0.25, 0.3) is 17.2 Å². The van der Waals surface area contributed by atoms with Gasteiger partial charge in [0.05, 0.1) is 6.20 Å². The van der Waals surface area contributed by atoms with Gasteiger partial charge in [-0.25, -0.2) is 15.0 Å². The van der Waals surface area contributed by atoms with Crippen molar-refractivity contribution in [2.24, 2.45) is 0 Å². The maximum Gasteiger partial charge on any atom is 0.200 e. The summed E-state index contributed by atoms with van der Waals surface area (Å²) in [5, 5.41) is 4.45. The number of hydrogen-bond donors (Lipinski definition) is 0. The molecule has 0 aliphatic rings. The predicted octanol–water partition coefficient (Wildman–Crippen LogP) is 2.21. The molecule has 6 nitrogen and oxygen atoms in total. The van der Waals surface area contributed by atoms with Gasteiger partial charge in [-0.15, -0.1) is 5.10 Å². The van der Waals surface area contributed by atoms with E-state index >= 15 is 0 Å². The minimum absolute atomic E-state index is 0.272. The molecule has 18 heavy (non-hydrogen) atoms. The molecule has 0 N–H and O–H groups in total. The first-order chi connectivity index (χ1) is 8.65. The third-order valence-electron chi connectivity index (χ3n) is 2.63. The maximum atomic E-state index is 5.49. The largest absolute Gasteiger partial charge is 0.438 e. The van der Waals surface area contributed by atoms with Crippen molar-refractivity contribution in [1.82, 2.24) is 24.6 Å². The Morgan fingerprint density at radius 3 is 2.78 bits per heavy atom. The minimum atomic E-state index is 0.272. The van der Waals surface area contributed by atoms with Crippen LogP contribution in [0.15, 0.2) is 22.9 Å². The van der Waals surface area contributed by atoms with Crippen LogP contribution in [0.2, 0.25) is 0 Å². The SMILES string of the molecule is Cc1ncc(-c2nccc3nc(C(C)C)nn23)o1. The standard InChI is InChI=1S/C12H13N5O/c1-7(2)11-15-10-4-5-13-12(17(10)16-11)9-6-14-8(3)18-9/h4-7H,1-3H3. The second-order valence-corrected chi connectivity index (χ2v) is 4.41. The number of aryl methyl sites for hydroxylation is 1. The van der Waals surface area contributed by atoms with Crippen LogP contribution in [0.3, 0.4) is 0 Å². The first kappa shape index (κ1) is 10.9. The normalized spacial score (nSPS) is 11.6. The molecule has 0 aromatic carbocycles. The van der Waals surface area contributed by atoms with Gasteiger partial charge in [0.1, 0.15) is 0 Å². The van der Waals surface area contributed by atoms with Crippen LogP contribution in [-0.2, 0) is 0 Å². The quantitative estimate of drug-likeness (QED) is 0.690. The molecule has 0 saturated heterocycles. The Hall–Kier alpha value is -2.24. The lowest BCUT2D eigenvalue weighted by atomic mass is 10.2. The fraction of sp³-hybridized carbons (Fsp3) is 0.333. The van der Waals surface area contributed by atoms with Crippen LogP contribution in [0.5, 0.6) is 0 Å². The van der Waals surface area contributed by atoms with Crippen molar-refractivity contribution in [2.75, 3.05) is 0 Å². The Morgan fingerprint density at radius 1 is 1.28 bits per heavy atom. The van der Waals surface area contributed by atoms with E-state index in [1.54, 1.807) is 23.8 Å². The van der Waals surface area contributed by atoms with Crippen molar-refractivity contribution in [3.05, 3.63) is 30.2 Å². The second kappa shape index (κ2) is 3.90. The van der Waals surface area contributed by atoms with Crippen molar-refractivity contribution >= 4 is 5.65 Å². The molecule has 0 bridgehead atoms. The maximum absolute atomic E-state index is 5.49. The summed E-state index contributed by atoms with van der Waals surface area (Å²) in [6, 6.07) is 1.83. The lowest BCUT2D eigenvalue weighted by molar-refractivity contribution is 0.528. The lowest BCUT2D eigenvalue weighted by Gasteiger charge is -1.98. The van der Waals surface area contributed by atoms with E-state index in [-0.39, 0.29) is 5.92 Å². The fourth-order valence-electron chi connectivity index (χ4n) is 1.71. The van der Waals surface area contributed by atoms with Crippen LogP contribution in [0.1, 0.15) is 31.5 Å². The van der Waals surface area contributed by atoms with E-state index < -0.39 is 0 Å². The Labute approximate surface area is 104 Å². The van der Waals surface area contributed by atoms with Gasteiger partial charge in [0.25, 0.3) is 0 Å². The van der Waals surface area contributed by atoms with Crippen molar-refractivity contribution in [3.8, 4) is 11.6 Å². The highest BCUT2D eigenvalue weighted by Crippen LogP contribution is 2.19. The van der Waals surface area contributed by atoms with Crippen molar-refractivity contribution < 1.29 is 4.42 Å². The minimum Gasteiger partial charge on any atom is -0.438 e. The van der Waals surface area contributed by atoms with Gasteiger partial charge < -0.3 is 4.42 Å². The van der Waals surface area contributed by atoms with Gasteiger partial charge >= 0.3 is 0 Å². The second-order valence-electron chi connectivity index (χ2n) is 4.41. The van der Waals surface area contributed by atoms with Gasteiger partial charge in [-0.3, -0.25) is 0 Å². The molecule has 3 aromatic heterocycles. The first-order valence-electron chi connectivity index (χ1n) is 5.79. The van der Waals surface area contributed by atoms with Crippen LogP contribution < -0.4 is 0 Å². The molecule has 0 fully saturated rings. The van der Waals surface area contributed by atoms with E-state index in [0.29, 0.717) is 17.5 Å². The van der Waals surface area contributed by atoms with E-state index in [1.165, 1.54) is 0 Å².